The maximum absolute atomic E-state index is 13.1. The van der Waals surface area contributed by atoms with E-state index in [2.05, 4.69) is 4.90 Å². The Morgan fingerprint density at radius 2 is 2.00 bits per heavy atom. The molecule has 4 rings (SSSR count). The summed E-state index contributed by atoms with van der Waals surface area (Å²) in [6.07, 6.45) is -0.941. The third kappa shape index (κ3) is 1.79. The van der Waals surface area contributed by atoms with Gasteiger partial charge in [-0.3, -0.25) is 14.5 Å². The van der Waals surface area contributed by atoms with Crippen LogP contribution >= 0.6 is 0 Å². The normalized spacial score (nSPS) is 37.6. The molecule has 1 aliphatic carbocycles. The zero-order chi connectivity index (χ0) is 19.0. The Balaban J connectivity index is 1.85. The van der Waals surface area contributed by atoms with E-state index in [1.807, 2.05) is 11.9 Å². The maximum atomic E-state index is 13.1. The van der Waals surface area contributed by atoms with E-state index >= 15 is 0 Å². The van der Waals surface area contributed by atoms with Gasteiger partial charge in [-0.15, -0.1) is 0 Å². The molecule has 26 heavy (non-hydrogen) atoms. The van der Waals surface area contributed by atoms with Gasteiger partial charge in [0, 0.05) is 30.8 Å². The minimum absolute atomic E-state index is 0.00789. The van der Waals surface area contributed by atoms with Gasteiger partial charge in [-0.2, -0.15) is 0 Å². The minimum atomic E-state index is -0.950. The molecule has 0 aromatic carbocycles. The molecule has 3 heterocycles. The summed E-state index contributed by atoms with van der Waals surface area (Å²) in [5.41, 5.74) is 5.07. The Morgan fingerprint density at radius 3 is 2.58 bits per heavy atom. The van der Waals surface area contributed by atoms with Crippen LogP contribution < -0.4 is 5.73 Å². The summed E-state index contributed by atoms with van der Waals surface area (Å²) in [6.45, 7) is 1.99. The lowest BCUT2D eigenvalue weighted by molar-refractivity contribution is -0.144. The van der Waals surface area contributed by atoms with Crippen molar-refractivity contribution < 1.29 is 28.6 Å². The summed E-state index contributed by atoms with van der Waals surface area (Å²) in [5.74, 6) is -1.25. The van der Waals surface area contributed by atoms with Gasteiger partial charge in [0.25, 0.3) is 0 Å². The van der Waals surface area contributed by atoms with Crippen molar-refractivity contribution in [1.29, 1.82) is 0 Å². The van der Waals surface area contributed by atoms with Gasteiger partial charge >= 0.3 is 6.09 Å². The van der Waals surface area contributed by atoms with Crippen LogP contribution in [0.2, 0.25) is 0 Å². The van der Waals surface area contributed by atoms with Gasteiger partial charge in [0.15, 0.2) is 11.5 Å². The zero-order valence-electron chi connectivity index (χ0n) is 15.1. The average Bonchev–Trinajstić information content (AvgIpc) is 3.00. The Morgan fingerprint density at radius 1 is 1.31 bits per heavy atom. The molecule has 4 aliphatic rings. The van der Waals surface area contributed by atoms with Crippen molar-refractivity contribution in [2.75, 3.05) is 34.4 Å². The number of primary amides is 1. The summed E-state index contributed by atoms with van der Waals surface area (Å²) in [7, 11) is 4.87. The number of carbonyl (C=O) groups is 3. The largest absolute Gasteiger partial charge is 0.492 e. The molecule has 2 N–H and O–H groups in total. The molecular weight excluding hydrogens is 342 g/mol. The quantitative estimate of drug-likeness (QED) is 0.520. The van der Waals surface area contributed by atoms with Crippen LogP contribution in [0.15, 0.2) is 22.6 Å². The third-order valence-corrected chi connectivity index (χ3v) is 6.10. The van der Waals surface area contributed by atoms with Crippen LogP contribution in [0, 0.1) is 5.92 Å². The van der Waals surface area contributed by atoms with Crippen molar-refractivity contribution in [3.63, 3.8) is 0 Å². The fourth-order valence-electron chi connectivity index (χ4n) is 4.94. The second kappa shape index (κ2) is 5.31. The van der Waals surface area contributed by atoms with Crippen LogP contribution in [0.3, 0.4) is 0 Å². The number of piperazine rings is 1. The van der Waals surface area contributed by atoms with E-state index < -0.39 is 17.7 Å². The predicted octanol–water partition coefficient (Wildman–Crippen LogP) is -0.621. The van der Waals surface area contributed by atoms with Crippen molar-refractivity contribution >= 4 is 17.7 Å². The van der Waals surface area contributed by atoms with E-state index in [0.29, 0.717) is 12.2 Å². The van der Waals surface area contributed by atoms with Crippen LogP contribution in [0.25, 0.3) is 0 Å². The molecule has 0 aromatic heterocycles. The molecule has 2 saturated heterocycles. The number of ketones is 2. The number of fused-ring (bicyclic) bond motifs is 4. The molecule has 5 atom stereocenters. The molecule has 3 aliphatic heterocycles. The van der Waals surface area contributed by atoms with E-state index in [-0.39, 0.29) is 47.2 Å². The standard InChI is InChI=1S/C17H21N3O6/c1-7-12(21)11-10(13(22)14(7)24-3)8(6-26-16(18)23)17(25-4)15-9(19(15)2)5-20(11)17/h8-9,15H,5-6H2,1-4H3,(H2,18,23)/t8-,9+,15-,17-,19?/m1/s1. The molecule has 2 fully saturated rings. The minimum Gasteiger partial charge on any atom is -0.492 e. The molecule has 0 radical (unpaired) electrons. The van der Waals surface area contributed by atoms with Crippen LogP contribution in [-0.4, -0.2) is 79.7 Å². The van der Waals surface area contributed by atoms with Crippen LogP contribution in [0.4, 0.5) is 4.79 Å². The molecule has 9 nitrogen and oxygen atoms in total. The van der Waals surface area contributed by atoms with Crippen molar-refractivity contribution in [3.05, 3.63) is 22.6 Å². The zero-order valence-corrected chi connectivity index (χ0v) is 15.1. The van der Waals surface area contributed by atoms with Crippen molar-refractivity contribution in [3.8, 4) is 0 Å². The highest BCUT2D eigenvalue weighted by molar-refractivity contribution is 6.25. The van der Waals surface area contributed by atoms with E-state index in [4.69, 9.17) is 19.9 Å². The Bertz CT molecular complexity index is 802. The van der Waals surface area contributed by atoms with Crippen molar-refractivity contribution in [1.82, 2.24) is 9.80 Å². The molecule has 1 amide bonds. The molecule has 0 bridgehead atoms. The molecule has 9 heteroatoms. The monoisotopic (exact) mass is 363 g/mol. The summed E-state index contributed by atoms with van der Waals surface area (Å²) < 4.78 is 16.2. The Hall–Kier alpha value is -2.39. The van der Waals surface area contributed by atoms with E-state index in [0.717, 1.165) is 0 Å². The fraction of sp³-hybridized carbons (Fsp3) is 0.588. The van der Waals surface area contributed by atoms with Gasteiger partial charge in [0.1, 0.15) is 6.61 Å². The first-order valence-corrected chi connectivity index (χ1v) is 8.36. The molecule has 1 unspecified atom stereocenters. The summed E-state index contributed by atoms with van der Waals surface area (Å²) >= 11 is 0. The first kappa shape index (κ1) is 17.0. The topological polar surface area (TPSA) is 111 Å². The van der Waals surface area contributed by atoms with Crippen molar-refractivity contribution in [2.24, 2.45) is 11.7 Å². The SMILES string of the molecule is COC1=C(C)C(=O)C2=C(C1=O)[C@@H](COC(N)=O)[C@@]1(OC)[C@H]3[C@H](CN21)N3C. The van der Waals surface area contributed by atoms with Gasteiger partial charge in [0.2, 0.25) is 11.6 Å². The second-order valence-electron chi connectivity index (χ2n) is 7.01. The van der Waals surface area contributed by atoms with Crippen LogP contribution in [0.5, 0.6) is 0 Å². The first-order valence-electron chi connectivity index (χ1n) is 8.36. The lowest BCUT2D eigenvalue weighted by atomic mass is 9.83. The smallest absolute Gasteiger partial charge is 0.404 e. The number of hydrogen-bond donors (Lipinski definition) is 1. The number of hydrogen-bond acceptors (Lipinski definition) is 8. The molecule has 0 saturated carbocycles. The van der Waals surface area contributed by atoms with Gasteiger partial charge in [-0.1, -0.05) is 0 Å². The van der Waals surface area contributed by atoms with Crippen LogP contribution in [0.1, 0.15) is 6.92 Å². The lowest BCUT2D eigenvalue weighted by Gasteiger charge is -2.40. The number of rotatable bonds is 4. The number of nitrogens with two attached hydrogens (primary N) is 1. The number of allylic oxidation sites excluding steroid dienone is 2. The summed E-state index contributed by atoms with van der Waals surface area (Å²) in [6, 6.07) is 0.211. The second-order valence-corrected chi connectivity index (χ2v) is 7.01. The highest BCUT2D eigenvalue weighted by Crippen LogP contribution is 2.59. The number of nitrogens with zero attached hydrogens (tertiary/aromatic N) is 2. The third-order valence-electron chi connectivity index (χ3n) is 6.10. The summed E-state index contributed by atoms with van der Waals surface area (Å²) in [5, 5.41) is 0. The molecule has 0 spiro atoms. The first-order chi connectivity index (χ1) is 12.3. The fourth-order valence-corrected chi connectivity index (χ4v) is 4.94. The van der Waals surface area contributed by atoms with E-state index in [1.54, 1.807) is 14.0 Å². The summed E-state index contributed by atoms with van der Waals surface area (Å²) in [4.78, 5) is 41.3. The Kier molecular flexibility index (Phi) is 3.48. The number of likely N-dealkylation sites (N-methyl/N-ethyl adjacent to an activating group) is 1. The highest BCUT2D eigenvalue weighted by Gasteiger charge is 2.75. The highest BCUT2D eigenvalue weighted by atomic mass is 16.6. The lowest BCUT2D eigenvalue weighted by Crippen LogP contribution is -2.55. The Labute approximate surface area is 150 Å². The van der Waals surface area contributed by atoms with Crippen molar-refractivity contribution in [2.45, 2.75) is 24.7 Å². The van der Waals surface area contributed by atoms with Gasteiger partial charge < -0.3 is 24.8 Å². The number of Topliss-reactive ketones (excluding diaryl/α,β-unsaturated/α-hetero) is 2. The molecular formula is C17H21N3O6. The number of amides is 1. The van der Waals surface area contributed by atoms with Gasteiger partial charge in [-0.25, -0.2) is 4.79 Å². The number of methoxy groups -OCH3 is 2. The predicted molar refractivity (Wildman–Crippen MR) is 87.6 cm³/mol. The van der Waals surface area contributed by atoms with Gasteiger partial charge in [-0.05, 0) is 14.0 Å². The van der Waals surface area contributed by atoms with E-state index in [1.165, 1.54) is 7.11 Å². The van der Waals surface area contributed by atoms with Crippen LogP contribution in [-0.2, 0) is 23.8 Å². The number of ether oxygens (including phenoxy) is 3. The maximum Gasteiger partial charge on any atom is 0.404 e. The van der Waals surface area contributed by atoms with Gasteiger partial charge in [0.05, 0.1) is 24.8 Å². The van der Waals surface area contributed by atoms with E-state index in [9.17, 15) is 14.4 Å². The molecule has 0 aromatic rings. The molecule has 140 valence electrons. The number of carbonyl (C=O) groups excluding carboxylic acids is 3. The average molecular weight is 363 g/mol.